The molecule has 0 fully saturated rings. The molecule has 0 rings (SSSR count). The molecule has 0 aromatic rings. The highest BCUT2D eigenvalue weighted by Gasteiger charge is 2.18. The largest absolute Gasteiger partial charge is 0.202 e. The van der Waals surface area contributed by atoms with Crippen LogP contribution in [0.2, 0.25) is 0 Å². The van der Waals surface area contributed by atoms with Gasteiger partial charge in [0.2, 0.25) is 0 Å². The van der Waals surface area contributed by atoms with Crippen LogP contribution in [0.15, 0.2) is 25.3 Å². The summed E-state index contributed by atoms with van der Waals surface area (Å²) >= 11 is 12.0. The van der Waals surface area contributed by atoms with Crippen molar-refractivity contribution in [2.75, 3.05) is 0 Å². The van der Waals surface area contributed by atoms with E-state index in [4.69, 9.17) is 33.0 Å². The molecule has 0 heterocycles. The highest BCUT2D eigenvalue weighted by atomic mass is 35.5. The van der Waals surface area contributed by atoms with Gasteiger partial charge in [0, 0.05) is 0 Å². The Morgan fingerprint density at radius 2 is 1.29 bits per heavy atom. The van der Waals surface area contributed by atoms with Crippen LogP contribution in [0.4, 0.5) is 0 Å². The third-order valence-corrected chi connectivity index (χ3v) is 3.25. The predicted molar refractivity (Wildman–Crippen MR) is 71.1 cm³/mol. The molecule has 0 saturated carbocycles. The van der Waals surface area contributed by atoms with Crippen LogP contribution in [0.5, 0.6) is 0 Å². The van der Waals surface area contributed by atoms with Gasteiger partial charge >= 0.3 is 0 Å². The van der Waals surface area contributed by atoms with E-state index in [1.165, 1.54) is 0 Å². The summed E-state index contributed by atoms with van der Waals surface area (Å²) in [6, 6.07) is 0. The molecule has 0 N–H and O–H groups in total. The lowest BCUT2D eigenvalue weighted by molar-refractivity contribution is -0.536. The SMILES string of the molecule is C=CCC(Cl)C(C)OOOC(C)C(Cl)CC=C. The number of alkyl halides is 2. The van der Waals surface area contributed by atoms with E-state index in [9.17, 15) is 0 Å². The second-order valence-corrected chi connectivity index (χ2v) is 4.87. The summed E-state index contributed by atoms with van der Waals surface area (Å²) < 4.78 is 0. The van der Waals surface area contributed by atoms with Crippen LogP contribution in [-0.2, 0) is 14.8 Å². The molecule has 0 aromatic heterocycles. The standard InChI is InChI=1S/C12H20Cl2O3/c1-5-7-11(13)9(3)15-17-16-10(4)12(14)8-6-2/h5-6,9-12H,1-2,7-8H2,3-4H3. The zero-order valence-corrected chi connectivity index (χ0v) is 11.8. The topological polar surface area (TPSA) is 27.7 Å². The molecule has 17 heavy (non-hydrogen) atoms. The van der Waals surface area contributed by atoms with Crippen LogP contribution >= 0.6 is 23.2 Å². The fourth-order valence-electron chi connectivity index (χ4n) is 0.969. The number of rotatable bonds is 10. The van der Waals surface area contributed by atoms with E-state index in [1.807, 2.05) is 0 Å². The summed E-state index contributed by atoms with van der Waals surface area (Å²) in [5.41, 5.74) is 0. The third-order valence-electron chi connectivity index (χ3n) is 2.18. The second kappa shape index (κ2) is 9.92. The molecule has 5 heteroatoms. The molecule has 0 amide bonds. The molecule has 0 radical (unpaired) electrons. The summed E-state index contributed by atoms with van der Waals surface area (Å²) in [7, 11) is 0. The van der Waals surface area contributed by atoms with Gasteiger partial charge in [-0.3, -0.25) is 0 Å². The smallest absolute Gasteiger partial charge is 0.110 e. The van der Waals surface area contributed by atoms with Crippen molar-refractivity contribution >= 4 is 23.2 Å². The average molecular weight is 283 g/mol. The van der Waals surface area contributed by atoms with Crippen molar-refractivity contribution in [1.82, 2.24) is 0 Å². The van der Waals surface area contributed by atoms with E-state index >= 15 is 0 Å². The minimum atomic E-state index is -0.296. The minimum absolute atomic E-state index is 0.202. The fourth-order valence-corrected chi connectivity index (χ4v) is 1.30. The molecule has 4 unspecified atom stereocenters. The normalized spacial score (nSPS) is 18.1. The van der Waals surface area contributed by atoms with E-state index in [-0.39, 0.29) is 23.0 Å². The van der Waals surface area contributed by atoms with Gasteiger partial charge in [0.25, 0.3) is 0 Å². The molecule has 0 saturated heterocycles. The van der Waals surface area contributed by atoms with Crippen molar-refractivity contribution < 1.29 is 14.8 Å². The monoisotopic (exact) mass is 282 g/mol. The molecule has 0 bridgehead atoms. The summed E-state index contributed by atoms with van der Waals surface area (Å²) in [5, 5.41) is 4.25. The van der Waals surface area contributed by atoms with Crippen LogP contribution in [0.3, 0.4) is 0 Å². The second-order valence-electron chi connectivity index (χ2n) is 3.75. The van der Waals surface area contributed by atoms with E-state index < -0.39 is 0 Å². The highest BCUT2D eigenvalue weighted by Crippen LogP contribution is 2.15. The lowest BCUT2D eigenvalue weighted by Crippen LogP contribution is -2.25. The molecule has 100 valence electrons. The van der Waals surface area contributed by atoms with Gasteiger partial charge < -0.3 is 0 Å². The number of halogens is 2. The molecular weight excluding hydrogens is 263 g/mol. The molecule has 4 atom stereocenters. The van der Waals surface area contributed by atoms with E-state index in [0.29, 0.717) is 12.8 Å². The molecule has 0 aliphatic carbocycles. The predicted octanol–water partition coefficient (Wildman–Crippen LogP) is 4.01. The van der Waals surface area contributed by atoms with Gasteiger partial charge in [-0.1, -0.05) is 17.2 Å². The first kappa shape index (κ1) is 16.9. The van der Waals surface area contributed by atoms with Crippen LogP contribution in [0.25, 0.3) is 0 Å². The third kappa shape index (κ3) is 7.79. The van der Waals surface area contributed by atoms with Crippen molar-refractivity contribution in [3.05, 3.63) is 25.3 Å². The Hall–Kier alpha value is -0.0600. The van der Waals surface area contributed by atoms with Crippen LogP contribution in [0, 0.1) is 0 Å². The minimum Gasteiger partial charge on any atom is -0.202 e. The van der Waals surface area contributed by atoms with Gasteiger partial charge in [-0.05, 0) is 26.7 Å². The van der Waals surface area contributed by atoms with Gasteiger partial charge in [-0.2, -0.15) is 0 Å². The maximum absolute atomic E-state index is 5.99. The Morgan fingerprint density at radius 3 is 1.59 bits per heavy atom. The maximum atomic E-state index is 5.99. The van der Waals surface area contributed by atoms with Crippen molar-refractivity contribution in [2.24, 2.45) is 0 Å². The van der Waals surface area contributed by atoms with Gasteiger partial charge in [0.1, 0.15) is 12.2 Å². The van der Waals surface area contributed by atoms with Crippen LogP contribution in [0.1, 0.15) is 26.7 Å². The Balaban J connectivity index is 3.74. The summed E-state index contributed by atoms with van der Waals surface area (Å²) in [5.74, 6) is 0. The van der Waals surface area contributed by atoms with Gasteiger partial charge in [0.05, 0.1) is 10.8 Å². The first-order valence-corrected chi connectivity index (χ1v) is 6.38. The van der Waals surface area contributed by atoms with Crippen molar-refractivity contribution in [2.45, 2.75) is 49.7 Å². The lowest BCUT2D eigenvalue weighted by atomic mass is 10.2. The zero-order valence-electron chi connectivity index (χ0n) is 10.3. The molecule has 0 aliphatic heterocycles. The summed E-state index contributed by atoms with van der Waals surface area (Å²) in [6.07, 6.45) is 4.12. The Bertz CT molecular complexity index is 202. The van der Waals surface area contributed by atoms with Crippen molar-refractivity contribution in [3.8, 4) is 0 Å². The molecule has 3 nitrogen and oxygen atoms in total. The Labute approximate surface area is 113 Å². The zero-order chi connectivity index (χ0) is 13.3. The summed E-state index contributed by atoms with van der Waals surface area (Å²) in [6.45, 7) is 10.8. The molecule has 0 aliphatic rings. The average Bonchev–Trinajstić information content (AvgIpc) is 2.29. The van der Waals surface area contributed by atoms with Crippen LogP contribution < -0.4 is 0 Å². The maximum Gasteiger partial charge on any atom is 0.110 e. The van der Waals surface area contributed by atoms with Crippen molar-refractivity contribution in [1.29, 1.82) is 0 Å². The first-order chi connectivity index (χ1) is 8.02. The fraction of sp³-hybridized carbons (Fsp3) is 0.667. The van der Waals surface area contributed by atoms with Crippen LogP contribution in [-0.4, -0.2) is 23.0 Å². The van der Waals surface area contributed by atoms with Gasteiger partial charge in [-0.25, -0.2) is 9.78 Å². The molecule has 0 aromatic carbocycles. The number of hydrogen-bond acceptors (Lipinski definition) is 3. The highest BCUT2D eigenvalue weighted by molar-refractivity contribution is 6.21. The molecular formula is C12H20Cl2O3. The number of allylic oxidation sites excluding steroid dienone is 2. The number of hydrogen-bond donors (Lipinski definition) is 0. The van der Waals surface area contributed by atoms with Crippen molar-refractivity contribution in [3.63, 3.8) is 0 Å². The summed E-state index contributed by atoms with van der Waals surface area (Å²) in [4.78, 5) is 9.94. The Kier molecular flexibility index (Phi) is 9.88. The molecule has 0 spiro atoms. The van der Waals surface area contributed by atoms with E-state index in [2.05, 4.69) is 18.2 Å². The van der Waals surface area contributed by atoms with E-state index in [1.54, 1.807) is 26.0 Å². The first-order valence-electron chi connectivity index (χ1n) is 5.51. The van der Waals surface area contributed by atoms with Gasteiger partial charge in [0.15, 0.2) is 0 Å². The van der Waals surface area contributed by atoms with E-state index in [0.717, 1.165) is 0 Å². The lowest BCUT2D eigenvalue weighted by Gasteiger charge is -2.18. The Morgan fingerprint density at radius 1 is 0.941 bits per heavy atom. The van der Waals surface area contributed by atoms with Gasteiger partial charge in [-0.15, -0.1) is 36.4 Å². The quantitative estimate of drug-likeness (QED) is 0.262.